The molecule has 0 aliphatic heterocycles. The normalized spacial score (nSPS) is 16.0. The Morgan fingerprint density at radius 3 is 2.00 bits per heavy atom. The van der Waals surface area contributed by atoms with E-state index in [-0.39, 0.29) is 49.6 Å². The third kappa shape index (κ3) is 6.28. The predicted molar refractivity (Wildman–Crippen MR) is 48.3 cm³/mol. The fraction of sp³-hybridized carbons (Fsp3) is 1.00. The van der Waals surface area contributed by atoms with E-state index in [1.54, 1.807) is 0 Å². The van der Waals surface area contributed by atoms with E-state index >= 15 is 0 Å². The molecule has 0 aliphatic rings. The van der Waals surface area contributed by atoms with Crippen molar-refractivity contribution < 1.29 is 10.2 Å². The fourth-order valence-electron chi connectivity index (χ4n) is 0.243. The van der Waals surface area contributed by atoms with Crippen molar-refractivity contribution in [2.75, 3.05) is 12.4 Å². The van der Waals surface area contributed by atoms with Crippen molar-refractivity contribution in [3.05, 3.63) is 0 Å². The molecule has 0 bridgehead atoms. The summed E-state index contributed by atoms with van der Waals surface area (Å²) in [4.78, 5) is 0. The molecule has 2 nitrogen and oxygen atoms in total. The molecule has 5 heteroatoms. The SMILES string of the molecule is OC[C@@H](O)[C@H](S)CS.[CaH2]. The molecule has 0 saturated carbocycles. The molecule has 0 aromatic carbocycles. The van der Waals surface area contributed by atoms with Gasteiger partial charge in [-0.15, -0.1) is 0 Å². The summed E-state index contributed by atoms with van der Waals surface area (Å²) in [7, 11) is 0. The van der Waals surface area contributed by atoms with Crippen LogP contribution in [0.2, 0.25) is 0 Å². The molecule has 0 aromatic heterocycles. The maximum atomic E-state index is 8.75. The summed E-state index contributed by atoms with van der Waals surface area (Å²) in [5.74, 6) is 0.477. The van der Waals surface area contributed by atoms with Gasteiger partial charge in [0.1, 0.15) is 0 Å². The van der Waals surface area contributed by atoms with Crippen LogP contribution in [0.3, 0.4) is 0 Å². The second-order valence-electron chi connectivity index (χ2n) is 1.50. The van der Waals surface area contributed by atoms with Crippen LogP contribution in [0.25, 0.3) is 0 Å². The molecule has 0 aliphatic carbocycles. The van der Waals surface area contributed by atoms with Crippen LogP contribution in [-0.4, -0.2) is 71.7 Å². The number of aliphatic hydroxyl groups is 2. The quantitative estimate of drug-likeness (QED) is 0.333. The molecule has 2 atom stereocenters. The Morgan fingerprint density at radius 2 is 1.89 bits per heavy atom. The van der Waals surface area contributed by atoms with Crippen molar-refractivity contribution in [3.63, 3.8) is 0 Å². The van der Waals surface area contributed by atoms with Gasteiger partial charge in [-0.3, -0.25) is 0 Å². The molecule has 0 amide bonds. The third-order valence-electron chi connectivity index (χ3n) is 0.818. The van der Waals surface area contributed by atoms with E-state index in [1.807, 2.05) is 0 Å². The first kappa shape index (κ1) is 13.5. The topological polar surface area (TPSA) is 40.5 Å². The van der Waals surface area contributed by atoms with Crippen LogP contribution in [0.1, 0.15) is 0 Å². The van der Waals surface area contributed by atoms with Gasteiger partial charge >= 0.3 is 37.7 Å². The second kappa shape index (κ2) is 7.98. The van der Waals surface area contributed by atoms with Crippen LogP contribution in [-0.2, 0) is 0 Å². The van der Waals surface area contributed by atoms with Gasteiger partial charge in [-0.05, 0) is 0 Å². The minimum atomic E-state index is -0.740. The monoisotopic (exact) mass is 196 g/mol. The summed E-state index contributed by atoms with van der Waals surface area (Å²) in [5.41, 5.74) is 0. The van der Waals surface area contributed by atoms with Crippen LogP contribution >= 0.6 is 25.3 Å². The van der Waals surface area contributed by atoms with E-state index in [0.717, 1.165) is 0 Å². The van der Waals surface area contributed by atoms with Gasteiger partial charge in [-0.25, -0.2) is 0 Å². The van der Waals surface area contributed by atoms with Crippen LogP contribution in [0.4, 0.5) is 0 Å². The van der Waals surface area contributed by atoms with Crippen molar-refractivity contribution in [2.24, 2.45) is 0 Å². The molecule has 0 fully saturated rings. The van der Waals surface area contributed by atoms with Gasteiger partial charge in [-0.1, -0.05) is 0 Å². The van der Waals surface area contributed by atoms with Gasteiger partial charge in [0.15, 0.2) is 0 Å². The molecule has 9 heavy (non-hydrogen) atoms. The Bertz CT molecular complexity index is 56.5. The van der Waals surface area contributed by atoms with Crippen LogP contribution in [0.15, 0.2) is 0 Å². The molecule has 0 heterocycles. The van der Waals surface area contributed by atoms with Crippen molar-refractivity contribution >= 4 is 63.0 Å². The second-order valence-corrected chi connectivity index (χ2v) is 2.53. The van der Waals surface area contributed by atoms with E-state index in [0.29, 0.717) is 5.75 Å². The number of hydrogen-bond donors (Lipinski definition) is 4. The van der Waals surface area contributed by atoms with Crippen molar-refractivity contribution in [1.29, 1.82) is 0 Å². The molecular formula is C4H12CaO2S2. The minimum absolute atomic E-state index is 0. The molecule has 0 radical (unpaired) electrons. The van der Waals surface area contributed by atoms with Gasteiger partial charge in [0.2, 0.25) is 0 Å². The summed E-state index contributed by atoms with van der Waals surface area (Å²) in [6.07, 6.45) is -0.740. The predicted octanol–water partition coefficient (Wildman–Crippen LogP) is -1.35. The standard InChI is InChI=1S/C4H10O2S2.Ca.2H/c5-1-3(6)4(8)2-7;;;/h3-8H,1-2H2;;;/t3-,4-;;;/m1.../s1. The Hall–Kier alpha value is 1.88. The first-order valence-electron chi connectivity index (χ1n) is 2.30. The Kier molecular flexibility index (Phi) is 11.9. The molecule has 0 rings (SSSR count). The summed E-state index contributed by atoms with van der Waals surface area (Å²) in [6.45, 7) is -0.241. The fourth-order valence-corrected chi connectivity index (χ4v) is 0.581. The van der Waals surface area contributed by atoms with Crippen LogP contribution < -0.4 is 0 Å². The number of thiol groups is 2. The van der Waals surface area contributed by atoms with Gasteiger partial charge in [-0.2, -0.15) is 25.3 Å². The first-order valence-corrected chi connectivity index (χ1v) is 3.45. The first-order chi connectivity index (χ1) is 3.72. The van der Waals surface area contributed by atoms with Crippen molar-refractivity contribution in [3.8, 4) is 0 Å². The molecule has 0 spiro atoms. The van der Waals surface area contributed by atoms with Gasteiger partial charge in [0, 0.05) is 11.0 Å². The molecule has 0 aromatic rings. The molecular weight excluding hydrogens is 184 g/mol. The average Bonchev–Trinajstić information content (AvgIpc) is 1.84. The van der Waals surface area contributed by atoms with Crippen molar-refractivity contribution in [1.82, 2.24) is 0 Å². The van der Waals surface area contributed by atoms with Gasteiger partial charge < -0.3 is 10.2 Å². The number of aliphatic hydroxyl groups excluding tert-OH is 2. The summed E-state index contributed by atoms with van der Waals surface area (Å²) < 4.78 is 0. The van der Waals surface area contributed by atoms with Crippen LogP contribution in [0.5, 0.6) is 0 Å². The van der Waals surface area contributed by atoms with Crippen molar-refractivity contribution in [2.45, 2.75) is 11.4 Å². The molecule has 0 unspecified atom stereocenters. The van der Waals surface area contributed by atoms with E-state index in [4.69, 9.17) is 10.2 Å². The maximum absolute atomic E-state index is 8.75. The molecule has 2 N–H and O–H groups in total. The zero-order valence-electron chi connectivity index (χ0n) is 4.36. The van der Waals surface area contributed by atoms with E-state index in [9.17, 15) is 0 Å². The Morgan fingerprint density at radius 1 is 1.44 bits per heavy atom. The number of hydrogen-bond acceptors (Lipinski definition) is 4. The Balaban J connectivity index is 0. The summed E-state index contributed by atoms with van der Waals surface area (Å²) in [6, 6.07) is 0. The zero-order valence-corrected chi connectivity index (χ0v) is 6.15. The summed E-state index contributed by atoms with van der Waals surface area (Å²) >= 11 is 7.78. The number of rotatable bonds is 3. The van der Waals surface area contributed by atoms with Gasteiger partial charge in [0.05, 0.1) is 12.7 Å². The average molecular weight is 196 g/mol. The van der Waals surface area contributed by atoms with E-state index in [2.05, 4.69) is 25.3 Å². The van der Waals surface area contributed by atoms with E-state index < -0.39 is 6.10 Å². The van der Waals surface area contributed by atoms with Gasteiger partial charge in [0.25, 0.3) is 0 Å². The third-order valence-corrected chi connectivity index (χ3v) is 2.03. The molecule has 0 saturated heterocycles. The molecule has 54 valence electrons. The van der Waals surface area contributed by atoms with E-state index in [1.165, 1.54) is 0 Å². The zero-order chi connectivity index (χ0) is 6.57. The van der Waals surface area contributed by atoms with Crippen LogP contribution in [0, 0.1) is 0 Å². The summed E-state index contributed by atoms with van der Waals surface area (Å²) in [5, 5.41) is 16.8. The Labute approximate surface area is 95.8 Å².